The molecule has 148 valence electrons. The van der Waals surface area contributed by atoms with Crippen molar-refractivity contribution in [3.8, 4) is 0 Å². The number of nitrogens with one attached hydrogen (secondary N) is 2. The van der Waals surface area contributed by atoms with E-state index in [9.17, 15) is 27.0 Å². The highest BCUT2D eigenvalue weighted by Gasteiger charge is 2.27. The summed E-state index contributed by atoms with van der Waals surface area (Å²) in [6.45, 7) is 0. The number of amides is 2. The zero-order valence-corrected chi connectivity index (χ0v) is 15.6. The Balaban J connectivity index is 2.00. The summed E-state index contributed by atoms with van der Waals surface area (Å²) in [7, 11) is -5.00. The number of carbonyl (C=O) groups is 2. The molecule has 0 aliphatic heterocycles. The molecule has 0 spiro atoms. The summed E-state index contributed by atoms with van der Waals surface area (Å²) in [4.78, 5) is 23.8. The molecule has 29 heavy (non-hydrogen) atoms. The molecular formula is C20H15FN2O5S. The van der Waals surface area contributed by atoms with E-state index in [4.69, 9.17) is 0 Å². The zero-order chi connectivity index (χ0) is 21.0. The second-order valence-electron chi connectivity index (χ2n) is 5.95. The molecule has 0 aromatic heterocycles. The van der Waals surface area contributed by atoms with Gasteiger partial charge in [0.1, 0.15) is 10.7 Å². The van der Waals surface area contributed by atoms with Gasteiger partial charge < -0.3 is 10.6 Å². The van der Waals surface area contributed by atoms with Crippen LogP contribution in [0, 0.1) is 5.82 Å². The average Bonchev–Trinajstić information content (AvgIpc) is 2.68. The van der Waals surface area contributed by atoms with Gasteiger partial charge >= 0.3 is 0 Å². The Bertz CT molecular complexity index is 1170. The number of halogens is 1. The van der Waals surface area contributed by atoms with Crippen LogP contribution in [0.2, 0.25) is 0 Å². The van der Waals surface area contributed by atoms with Gasteiger partial charge in [0, 0.05) is 16.9 Å². The van der Waals surface area contributed by atoms with Gasteiger partial charge in [0.15, 0.2) is 0 Å². The fourth-order valence-electron chi connectivity index (χ4n) is 2.58. The third-order valence-corrected chi connectivity index (χ3v) is 4.76. The lowest BCUT2D eigenvalue weighted by molar-refractivity contribution is 0.100. The van der Waals surface area contributed by atoms with E-state index in [0.29, 0.717) is 11.4 Å². The van der Waals surface area contributed by atoms with Gasteiger partial charge in [-0.15, -0.1) is 0 Å². The maximum Gasteiger partial charge on any atom is 0.295 e. The molecule has 0 bridgehead atoms. The van der Waals surface area contributed by atoms with E-state index in [1.54, 1.807) is 48.5 Å². The van der Waals surface area contributed by atoms with Crippen molar-refractivity contribution >= 4 is 33.3 Å². The summed E-state index contributed by atoms with van der Waals surface area (Å²) in [5.41, 5.74) is -0.579. The molecule has 3 N–H and O–H groups in total. The van der Waals surface area contributed by atoms with E-state index >= 15 is 0 Å². The molecule has 0 saturated carbocycles. The predicted octanol–water partition coefficient (Wildman–Crippen LogP) is 3.58. The molecular weight excluding hydrogens is 399 g/mol. The Morgan fingerprint density at radius 1 is 0.793 bits per heavy atom. The summed E-state index contributed by atoms with van der Waals surface area (Å²) < 4.78 is 47.7. The van der Waals surface area contributed by atoms with Crippen LogP contribution in [-0.4, -0.2) is 24.8 Å². The van der Waals surface area contributed by atoms with Gasteiger partial charge in [-0.1, -0.05) is 36.4 Å². The zero-order valence-electron chi connectivity index (χ0n) is 14.8. The Labute approximate surface area is 165 Å². The van der Waals surface area contributed by atoms with E-state index in [1.807, 2.05) is 0 Å². The van der Waals surface area contributed by atoms with Crippen LogP contribution < -0.4 is 10.6 Å². The van der Waals surface area contributed by atoms with Crippen LogP contribution in [0.1, 0.15) is 20.7 Å². The van der Waals surface area contributed by atoms with Crippen molar-refractivity contribution < 1.29 is 27.0 Å². The lowest BCUT2D eigenvalue weighted by Gasteiger charge is -2.12. The van der Waals surface area contributed by atoms with Crippen molar-refractivity contribution in [3.63, 3.8) is 0 Å². The summed E-state index contributed by atoms with van der Waals surface area (Å²) in [5, 5.41) is 4.82. The van der Waals surface area contributed by atoms with Gasteiger partial charge in [-0.05, 0) is 36.4 Å². The molecule has 9 heteroatoms. The molecule has 2 amide bonds. The molecule has 0 heterocycles. The Kier molecular flexibility index (Phi) is 5.71. The van der Waals surface area contributed by atoms with Gasteiger partial charge in [0.25, 0.3) is 21.9 Å². The van der Waals surface area contributed by atoms with Crippen molar-refractivity contribution in [3.05, 3.63) is 89.7 Å². The van der Waals surface area contributed by atoms with Gasteiger partial charge in [0.2, 0.25) is 0 Å². The minimum Gasteiger partial charge on any atom is -0.322 e. The lowest BCUT2D eigenvalue weighted by atomic mass is 10.1. The monoisotopic (exact) mass is 414 g/mol. The largest absolute Gasteiger partial charge is 0.322 e. The normalized spacial score (nSPS) is 11.0. The van der Waals surface area contributed by atoms with E-state index in [-0.39, 0.29) is 5.56 Å². The Hall–Kier alpha value is -3.56. The number of para-hydroxylation sites is 2. The first kappa shape index (κ1) is 20.2. The van der Waals surface area contributed by atoms with Crippen LogP contribution in [0.4, 0.5) is 15.8 Å². The molecule has 3 aromatic rings. The van der Waals surface area contributed by atoms with Crippen LogP contribution in [0.25, 0.3) is 0 Å². The highest BCUT2D eigenvalue weighted by Crippen LogP contribution is 2.24. The molecule has 0 unspecified atom stereocenters. The molecule has 0 atom stereocenters. The lowest BCUT2D eigenvalue weighted by Crippen LogP contribution is -2.20. The number of hydrogen-bond donors (Lipinski definition) is 3. The molecule has 0 saturated heterocycles. The van der Waals surface area contributed by atoms with E-state index in [0.717, 1.165) is 12.1 Å². The van der Waals surface area contributed by atoms with E-state index < -0.39 is 38.2 Å². The second kappa shape index (κ2) is 8.21. The van der Waals surface area contributed by atoms with Crippen molar-refractivity contribution in [2.75, 3.05) is 10.6 Å². The first-order valence-corrected chi connectivity index (χ1v) is 9.73. The van der Waals surface area contributed by atoms with Crippen molar-refractivity contribution in [2.24, 2.45) is 0 Å². The van der Waals surface area contributed by atoms with Crippen LogP contribution in [0.5, 0.6) is 0 Å². The summed E-state index contributed by atoms with van der Waals surface area (Å²) >= 11 is 0. The topological polar surface area (TPSA) is 113 Å². The minimum absolute atomic E-state index is 0.295. The number of hydrogen-bond acceptors (Lipinski definition) is 4. The third kappa shape index (κ3) is 4.84. The summed E-state index contributed by atoms with van der Waals surface area (Å²) in [5.74, 6) is -3.17. The number of carbonyl (C=O) groups excluding carboxylic acids is 2. The summed E-state index contributed by atoms with van der Waals surface area (Å²) in [6.07, 6.45) is 0. The average molecular weight is 414 g/mol. The van der Waals surface area contributed by atoms with Gasteiger partial charge in [0.05, 0.1) is 5.56 Å². The molecule has 7 nitrogen and oxygen atoms in total. The molecule has 0 fully saturated rings. The van der Waals surface area contributed by atoms with Crippen LogP contribution in [0.3, 0.4) is 0 Å². The Morgan fingerprint density at radius 2 is 1.28 bits per heavy atom. The highest BCUT2D eigenvalue weighted by atomic mass is 32.2. The quantitative estimate of drug-likeness (QED) is 0.553. The first-order valence-electron chi connectivity index (χ1n) is 8.29. The smallest absolute Gasteiger partial charge is 0.295 e. The van der Waals surface area contributed by atoms with Crippen molar-refractivity contribution in [1.82, 2.24) is 0 Å². The maximum absolute atomic E-state index is 14.7. The summed E-state index contributed by atoms with van der Waals surface area (Å²) in [6, 6.07) is 17.7. The minimum atomic E-state index is -5.00. The highest BCUT2D eigenvalue weighted by molar-refractivity contribution is 7.86. The van der Waals surface area contributed by atoms with Crippen molar-refractivity contribution in [2.45, 2.75) is 4.90 Å². The van der Waals surface area contributed by atoms with Crippen LogP contribution in [0.15, 0.2) is 77.7 Å². The molecule has 3 rings (SSSR count). The number of anilines is 2. The number of rotatable bonds is 5. The SMILES string of the molecule is O=C(Nc1ccccc1)c1cc(F)c(C(=O)Nc2ccccc2)c(S(=O)(=O)O)c1. The third-order valence-electron chi connectivity index (χ3n) is 3.88. The van der Waals surface area contributed by atoms with Crippen LogP contribution >= 0.6 is 0 Å². The Morgan fingerprint density at radius 3 is 1.76 bits per heavy atom. The first-order chi connectivity index (χ1) is 13.8. The second-order valence-corrected chi connectivity index (χ2v) is 7.34. The fraction of sp³-hybridized carbons (Fsp3) is 0. The van der Waals surface area contributed by atoms with Gasteiger partial charge in [-0.25, -0.2) is 4.39 Å². The van der Waals surface area contributed by atoms with Gasteiger partial charge in [-0.2, -0.15) is 8.42 Å². The van der Waals surface area contributed by atoms with Crippen LogP contribution in [-0.2, 0) is 10.1 Å². The predicted molar refractivity (Wildman–Crippen MR) is 105 cm³/mol. The fourth-order valence-corrected chi connectivity index (χ4v) is 3.30. The van der Waals surface area contributed by atoms with Crippen molar-refractivity contribution in [1.29, 1.82) is 0 Å². The molecule has 0 radical (unpaired) electrons. The molecule has 3 aromatic carbocycles. The maximum atomic E-state index is 14.7. The standard InChI is InChI=1S/C20H15FN2O5S/c21-16-11-13(19(24)22-14-7-3-1-4-8-14)12-17(29(26,27)28)18(16)20(25)23-15-9-5-2-6-10-15/h1-12H,(H,22,24)(H,23,25)(H,26,27,28). The molecule has 0 aliphatic carbocycles. The van der Waals surface area contributed by atoms with E-state index in [2.05, 4.69) is 10.6 Å². The number of benzene rings is 3. The van der Waals surface area contributed by atoms with E-state index in [1.165, 1.54) is 12.1 Å². The van der Waals surface area contributed by atoms with Gasteiger partial charge in [-0.3, -0.25) is 14.1 Å². The molecule has 0 aliphatic rings.